The van der Waals surface area contributed by atoms with Crippen LogP contribution in [0, 0.1) is 6.92 Å². The van der Waals surface area contributed by atoms with E-state index in [1.54, 1.807) is 11.8 Å². The van der Waals surface area contributed by atoms with Crippen LogP contribution in [0.1, 0.15) is 11.3 Å². The quantitative estimate of drug-likeness (QED) is 0.842. The Balaban J connectivity index is 2.45. The molecule has 0 amide bonds. The molecule has 0 bridgehead atoms. The molecule has 0 radical (unpaired) electrons. The first kappa shape index (κ1) is 12.3. The van der Waals surface area contributed by atoms with Crippen molar-refractivity contribution in [2.75, 3.05) is 6.26 Å². The normalized spacial score (nSPS) is 10.8. The topological polar surface area (TPSA) is 25.2 Å². The van der Waals surface area contributed by atoms with Gasteiger partial charge in [-0.15, -0.1) is 11.8 Å². The van der Waals surface area contributed by atoms with E-state index < -0.39 is 0 Å². The molecule has 1 N–H and O–H groups in total. The molecule has 0 spiro atoms. The highest BCUT2D eigenvalue weighted by Crippen LogP contribution is 2.26. The zero-order valence-corrected chi connectivity index (χ0v) is 11.2. The lowest BCUT2D eigenvalue weighted by Gasteiger charge is -2.06. The van der Waals surface area contributed by atoms with Gasteiger partial charge in [-0.3, -0.25) is 0 Å². The maximum Gasteiger partial charge on any atom is 0.0699 e. The summed E-state index contributed by atoms with van der Waals surface area (Å²) >= 11 is 1.74. The van der Waals surface area contributed by atoms with Crippen LogP contribution in [0.5, 0.6) is 0 Å². The minimum atomic E-state index is 0.0998. The van der Waals surface area contributed by atoms with Gasteiger partial charge in [0.25, 0.3) is 0 Å². The van der Waals surface area contributed by atoms with Crippen LogP contribution in [0.25, 0.3) is 11.3 Å². The van der Waals surface area contributed by atoms with Crippen molar-refractivity contribution in [3.63, 3.8) is 0 Å². The van der Waals surface area contributed by atoms with E-state index in [-0.39, 0.29) is 6.61 Å². The zero-order valence-electron chi connectivity index (χ0n) is 10.4. The van der Waals surface area contributed by atoms with E-state index in [0.29, 0.717) is 0 Å². The Labute approximate surface area is 106 Å². The van der Waals surface area contributed by atoms with E-state index in [0.717, 1.165) is 17.0 Å². The Morgan fingerprint density at radius 3 is 2.35 bits per heavy atom. The molecule has 2 nitrogen and oxygen atoms in total. The van der Waals surface area contributed by atoms with E-state index in [2.05, 4.69) is 41.2 Å². The Bertz CT molecular complexity index is 514. The van der Waals surface area contributed by atoms with E-state index in [1.807, 2.05) is 14.0 Å². The second kappa shape index (κ2) is 4.98. The zero-order chi connectivity index (χ0) is 12.4. The number of thioether (sulfide) groups is 1. The number of hydrogen-bond donors (Lipinski definition) is 1. The molecule has 2 aromatic rings. The molecular weight excluding hydrogens is 230 g/mol. The van der Waals surface area contributed by atoms with Crippen molar-refractivity contribution in [3.05, 3.63) is 41.6 Å². The number of nitrogens with zero attached hydrogens (tertiary/aromatic N) is 1. The van der Waals surface area contributed by atoms with Crippen molar-refractivity contribution in [1.29, 1.82) is 0 Å². The Morgan fingerprint density at radius 2 is 1.88 bits per heavy atom. The molecule has 0 saturated carbocycles. The van der Waals surface area contributed by atoms with Gasteiger partial charge in [-0.25, -0.2) is 0 Å². The molecule has 0 aliphatic rings. The van der Waals surface area contributed by atoms with Crippen LogP contribution in [0.2, 0.25) is 0 Å². The van der Waals surface area contributed by atoms with Crippen LogP contribution in [-0.4, -0.2) is 15.9 Å². The van der Waals surface area contributed by atoms with Gasteiger partial charge in [0.1, 0.15) is 0 Å². The molecule has 0 aliphatic carbocycles. The number of rotatable bonds is 3. The van der Waals surface area contributed by atoms with E-state index >= 15 is 0 Å². The summed E-state index contributed by atoms with van der Waals surface area (Å²) in [6, 6.07) is 10.6. The number of benzene rings is 1. The summed E-state index contributed by atoms with van der Waals surface area (Å²) in [6.07, 6.45) is 2.07. The van der Waals surface area contributed by atoms with Gasteiger partial charge in [-0.05, 0) is 42.5 Å². The van der Waals surface area contributed by atoms with Crippen molar-refractivity contribution >= 4 is 11.8 Å². The van der Waals surface area contributed by atoms with Gasteiger partial charge in [-0.2, -0.15) is 0 Å². The third-order valence-corrected chi connectivity index (χ3v) is 3.94. The number of aliphatic hydroxyl groups excluding tert-OH is 1. The predicted octanol–water partition coefficient (Wildman–Crippen LogP) is 3.21. The number of aromatic nitrogens is 1. The highest BCUT2D eigenvalue weighted by molar-refractivity contribution is 7.98. The van der Waals surface area contributed by atoms with Gasteiger partial charge in [0, 0.05) is 23.3 Å². The van der Waals surface area contributed by atoms with Crippen LogP contribution in [0.15, 0.2) is 35.2 Å². The lowest BCUT2D eigenvalue weighted by molar-refractivity contribution is 0.281. The molecule has 1 aromatic carbocycles. The van der Waals surface area contributed by atoms with E-state index in [9.17, 15) is 5.11 Å². The highest BCUT2D eigenvalue weighted by atomic mass is 32.2. The highest BCUT2D eigenvalue weighted by Gasteiger charge is 2.09. The Kier molecular flexibility index (Phi) is 3.60. The number of aliphatic hydroxyl groups is 1. The smallest absolute Gasteiger partial charge is 0.0699 e. The molecule has 0 fully saturated rings. The first-order chi connectivity index (χ1) is 8.17. The second-order valence-corrected chi connectivity index (χ2v) is 4.97. The van der Waals surface area contributed by atoms with Crippen molar-refractivity contribution in [1.82, 2.24) is 4.57 Å². The standard InChI is InChI=1S/C14H17NOS/c1-10-12(9-16)8-14(15(10)2)11-4-6-13(17-3)7-5-11/h4-8,16H,9H2,1-3H3. The summed E-state index contributed by atoms with van der Waals surface area (Å²) in [6.45, 7) is 2.13. The first-order valence-corrected chi connectivity index (χ1v) is 6.80. The summed E-state index contributed by atoms with van der Waals surface area (Å²) in [7, 11) is 2.03. The minimum absolute atomic E-state index is 0.0998. The van der Waals surface area contributed by atoms with Crippen LogP contribution in [0.3, 0.4) is 0 Å². The molecular formula is C14H17NOS. The molecule has 1 aromatic heterocycles. The summed E-state index contributed by atoms with van der Waals surface area (Å²) in [5.74, 6) is 0. The van der Waals surface area contributed by atoms with Gasteiger partial charge in [0.05, 0.1) is 6.61 Å². The van der Waals surface area contributed by atoms with Crippen molar-refractivity contribution < 1.29 is 5.11 Å². The molecule has 0 aliphatic heterocycles. The summed E-state index contributed by atoms with van der Waals surface area (Å²) in [5, 5.41) is 9.27. The first-order valence-electron chi connectivity index (χ1n) is 5.58. The van der Waals surface area contributed by atoms with Crippen molar-refractivity contribution in [3.8, 4) is 11.3 Å². The molecule has 0 atom stereocenters. The molecule has 17 heavy (non-hydrogen) atoms. The molecule has 90 valence electrons. The van der Waals surface area contributed by atoms with Gasteiger partial charge < -0.3 is 9.67 Å². The monoisotopic (exact) mass is 247 g/mol. The van der Waals surface area contributed by atoms with Gasteiger partial charge >= 0.3 is 0 Å². The van der Waals surface area contributed by atoms with Crippen LogP contribution in [-0.2, 0) is 13.7 Å². The largest absolute Gasteiger partial charge is 0.392 e. The Morgan fingerprint density at radius 1 is 1.24 bits per heavy atom. The van der Waals surface area contributed by atoms with E-state index in [1.165, 1.54) is 10.5 Å². The summed E-state index contributed by atoms with van der Waals surface area (Å²) < 4.78 is 2.12. The lowest BCUT2D eigenvalue weighted by Crippen LogP contribution is -1.95. The predicted molar refractivity (Wildman–Crippen MR) is 73.3 cm³/mol. The van der Waals surface area contributed by atoms with Gasteiger partial charge in [0.2, 0.25) is 0 Å². The average molecular weight is 247 g/mol. The molecule has 3 heteroatoms. The van der Waals surface area contributed by atoms with Crippen molar-refractivity contribution in [2.45, 2.75) is 18.4 Å². The Hall–Kier alpha value is -1.19. The SMILES string of the molecule is CSc1ccc(-c2cc(CO)c(C)n2C)cc1. The fraction of sp³-hybridized carbons (Fsp3) is 0.286. The maximum atomic E-state index is 9.27. The third-order valence-electron chi connectivity index (χ3n) is 3.20. The maximum absolute atomic E-state index is 9.27. The molecule has 0 unspecified atom stereocenters. The van der Waals surface area contributed by atoms with Crippen LogP contribution in [0.4, 0.5) is 0 Å². The summed E-state index contributed by atoms with van der Waals surface area (Å²) in [5.41, 5.74) is 4.46. The fourth-order valence-electron chi connectivity index (χ4n) is 1.96. The van der Waals surface area contributed by atoms with Gasteiger partial charge in [0.15, 0.2) is 0 Å². The molecule has 2 rings (SSSR count). The van der Waals surface area contributed by atoms with Crippen LogP contribution < -0.4 is 0 Å². The van der Waals surface area contributed by atoms with Crippen molar-refractivity contribution in [2.24, 2.45) is 7.05 Å². The summed E-state index contributed by atoms with van der Waals surface area (Å²) in [4.78, 5) is 1.27. The fourth-order valence-corrected chi connectivity index (χ4v) is 2.37. The third kappa shape index (κ3) is 2.26. The van der Waals surface area contributed by atoms with Gasteiger partial charge in [-0.1, -0.05) is 12.1 Å². The second-order valence-electron chi connectivity index (χ2n) is 4.09. The molecule has 1 heterocycles. The van der Waals surface area contributed by atoms with E-state index in [4.69, 9.17) is 0 Å². The molecule has 0 saturated heterocycles. The number of hydrogen-bond acceptors (Lipinski definition) is 2. The minimum Gasteiger partial charge on any atom is -0.392 e. The van der Waals surface area contributed by atoms with Crippen LogP contribution >= 0.6 is 11.8 Å². The average Bonchev–Trinajstić information content (AvgIpc) is 2.66. The lowest BCUT2D eigenvalue weighted by atomic mass is 10.1.